The lowest BCUT2D eigenvalue weighted by molar-refractivity contribution is -0.137. The van der Waals surface area contributed by atoms with E-state index in [1.54, 1.807) is 42.8 Å². The molecule has 202 valence electrons. The Kier molecular flexibility index (Phi) is 6.63. The summed E-state index contributed by atoms with van der Waals surface area (Å²) in [6, 6.07) is 8.59. The number of halogens is 3. The number of hydrogen-bond acceptors (Lipinski definition) is 4. The Labute approximate surface area is 219 Å². The number of alkyl halides is 3. The first-order chi connectivity index (χ1) is 17.9. The molecule has 10 heteroatoms. The van der Waals surface area contributed by atoms with Gasteiger partial charge in [-0.25, -0.2) is 4.79 Å². The van der Waals surface area contributed by atoms with Crippen molar-refractivity contribution in [3.05, 3.63) is 59.2 Å². The van der Waals surface area contributed by atoms with E-state index in [-0.39, 0.29) is 17.9 Å². The van der Waals surface area contributed by atoms with Crippen LogP contribution in [0.5, 0.6) is 5.75 Å². The molecule has 0 saturated carbocycles. The Balaban J connectivity index is 1.34. The van der Waals surface area contributed by atoms with Gasteiger partial charge in [-0.1, -0.05) is 12.1 Å². The zero-order chi connectivity index (χ0) is 27.2. The largest absolute Gasteiger partial charge is 0.487 e. The Morgan fingerprint density at radius 3 is 2.71 bits per heavy atom. The molecule has 0 radical (unpaired) electrons. The Morgan fingerprint density at radius 2 is 2.00 bits per heavy atom. The molecule has 1 N–H and O–H groups in total. The van der Waals surface area contributed by atoms with E-state index in [1.807, 2.05) is 6.07 Å². The summed E-state index contributed by atoms with van der Waals surface area (Å²) in [6.45, 7) is 5.26. The van der Waals surface area contributed by atoms with Crippen molar-refractivity contribution < 1.29 is 32.2 Å². The lowest BCUT2D eigenvalue weighted by Gasteiger charge is -2.36. The average molecular weight is 530 g/mol. The van der Waals surface area contributed by atoms with Crippen LogP contribution in [0.4, 0.5) is 29.3 Å². The minimum Gasteiger partial charge on any atom is -0.487 e. The molecule has 5 rings (SSSR count). The summed E-state index contributed by atoms with van der Waals surface area (Å²) in [7, 11) is 1.70. The molecule has 2 aromatic carbocycles. The van der Waals surface area contributed by atoms with E-state index in [9.17, 15) is 22.8 Å². The first kappa shape index (κ1) is 26.1. The van der Waals surface area contributed by atoms with E-state index >= 15 is 0 Å². The molecule has 1 atom stereocenters. The summed E-state index contributed by atoms with van der Waals surface area (Å²) < 4.78 is 51.1. The molecule has 0 aliphatic carbocycles. The summed E-state index contributed by atoms with van der Waals surface area (Å²) in [5, 5.41) is 2.83. The molecule has 3 aliphatic heterocycles. The molecule has 0 aromatic heterocycles. The van der Waals surface area contributed by atoms with Crippen molar-refractivity contribution in [2.45, 2.75) is 57.5 Å². The molecule has 3 heterocycles. The number of urea groups is 1. The van der Waals surface area contributed by atoms with Crippen molar-refractivity contribution in [2.75, 3.05) is 30.4 Å². The monoisotopic (exact) mass is 529 g/mol. The van der Waals surface area contributed by atoms with Crippen LogP contribution >= 0.6 is 0 Å². The number of hydrogen-bond donors (Lipinski definition) is 1. The number of anilines is 2. The first-order valence-electron chi connectivity index (χ1n) is 12.6. The molecular formula is C28H30F3N3O4. The highest BCUT2D eigenvalue weighted by molar-refractivity contribution is 6.05. The van der Waals surface area contributed by atoms with Crippen LogP contribution in [-0.2, 0) is 22.3 Å². The van der Waals surface area contributed by atoms with E-state index in [0.29, 0.717) is 42.0 Å². The van der Waals surface area contributed by atoms with Gasteiger partial charge in [-0.2, -0.15) is 13.2 Å². The smallest absolute Gasteiger partial charge is 0.416 e. The van der Waals surface area contributed by atoms with Crippen LogP contribution in [-0.4, -0.2) is 48.7 Å². The average Bonchev–Trinajstić information content (AvgIpc) is 3.34. The molecule has 7 nitrogen and oxygen atoms in total. The second-order valence-electron chi connectivity index (χ2n) is 10.6. The van der Waals surface area contributed by atoms with E-state index in [0.717, 1.165) is 37.1 Å². The fraction of sp³-hybridized carbons (Fsp3) is 0.429. The number of carbonyl (C=O) groups is 2. The topological polar surface area (TPSA) is 71.1 Å². The Bertz CT molecular complexity index is 1300. The molecule has 3 amide bonds. The van der Waals surface area contributed by atoms with Crippen LogP contribution < -0.4 is 15.0 Å². The lowest BCUT2D eigenvalue weighted by atomic mass is 9.88. The zero-order valence-corrected chi connectivity index (χ0v) is 21.5. The number of rotatable bonds is 4. The van der Waals surface area contributed by atoms with Crippen molar-refractivity contribution in [3.63, 3.8) is 0 Å². The third-order valence-electron chi connectivity index (χ3n) is 7.04. The second-order valence-corrected chi connectivity index (χ2v) is 10.6. The Hall–Kier alpha value is -3.53. The van der Waals surface area contributed by atoms with Crippen molar-refractivity contribution in [2.24, 2.45) is 0 Å². The third kappa shape index (κ3) is 5.36. The molecule has 38 heavy (non-hydrogen) atoms. The number of fused-ring (bicyclic) bond motifs is 2. The normalized spacial score (nSPS) is 21.7. The summed E-state index contributed by atoms with van der Waals surface area (Å²) in [5.41, 5.74) is 1.63. The molecule has 1 unspecified atom stereocenters. The van der Waals surface area contributed by atoms with Gasteiger partial charge in [-0.3, -0.25) is 9.69 Å². The Morgan fingerprint density at radius 1 is 1.21 bits per heavy atom. The summed E-state index contributed by atoms with van der Waals surface area (Å²) in [6.07, 6.45) is -0.750. The molecule has 2 aromatic rings. The van der Waals surface area contributed by atoms with Crippen molar-refractivity contribution in [1.29, 1.82) is 0 Å². The number of ether oxygens (including phenoxy) is 2. The van der Waals surface area contributed by atoms with Gasteiger partial charge in [0, 0.05) is 50.5 Å². The molecule has 0 bridgehead atoms. The van der Waals surface area contributed by atoms with Crippen LogP contribution in [0.2, 0.25) is 0 Å². The predicted octanol–water partition coefficient (Wildman–Crippen LogP) is 5.84. The summed E-state index contributed by atoms with van der Waals surface area (Å²) in [4.78, 5) is 29.3. The van der Waals surface area contributed by atoms with E-state index in [2.05, 4.69) is 5.32 Å². The zero-order valence-electron chi connectivity index (χ0n) is 21.5. The third-order valence-corrected chi connectivity index (χ3v) is 7.04. The molecule has 1 fully saturated rings. The van der Waals surface area contributed by atoms with E-state index in [1.165, 1.54) is 12.1 Å². The molecule has 3 aliphatic rings. The van der Waals surface area contributed by atoms with Crippen molar-refractivity contribution in [1.82, 2.24) is 4.90 Å². The second kappa shape index (κ2) is 9.65. The van der Waals surface area contributed by atoms with E-state index < -0.39 is 23.2 Å². The number of nitrogens with one attached hydrogen (secondary N) is 1. The van der Waals surface area contributed by atoms with Crippen molar-refractivity contribution >= 4 is 28.9 Å². The number of nitrogens with zero attached hydrogens (tertiary/aromatic N) is 2. The van der Waals surface area contributed by atoms with Crippen LogP contribution in [0.25, 0.3) is 5.57 Å². The fourth-order valence-corrected chi connectivity index (χ4v) is 5.25. The molecule has 0 spiro atoms. The standard InChI is InChI=1S/C28H30F3N3O4/c1-27(2)14-18(22-9-7-19(28(29,30)31)12-24(22)38-27)11-25(35)32-20-8-6-17-15-34(16-21-5-4-10-37-21)26(36)33(3)23(17)13-20/h6-9,11-13,21H,4-5,10,14-16H2,1-3H3,(H,32,35). The molecular weight excluding hydrogens is 499 g/mol. The van der Waals surface area contributed by atoms with Gasteiger partial charge in [-0.15, -0.1) is 0 Å². The number of carbonyl (C=O) groups excluding carboxylic acids is 2. The summed E-state index contributed by atoms with van der Waals surface area (Å²) >= 11 is 0. The number of amides is 3. The maximum atomic E-state index is 13.2. The van der Waals surface area contributed by atoms with Crippen LogP contribution in [0.1, 0.15) is 49.8 Å². The van der Waals surface area contributed by atoms with Gasteiger partial charge in [0.2, 0.25) is 5.91 Å². The van der Waals surface area contributed by atoms with Gasteiger partial charge in [-0.05, 0) is 62.1 Å². The maximum absolute atomic E-state index is 13.2. The van der Waals surface area contributed by atoms with E-state index in [4.69, 9.17) is 9.47 Å². The van der Waals surface area contributed by atoms with Gasteiger partial charge >= 0.3 is 12.2 Å². The maximum Gasteiger partial charge on any atom is 0.416 e. The highest BCUT2D eigenvalue weighted by Crippen LogP contribution is 2.43. The SMILES string of the molecule is CN1C(=O)N(CC2CCCO2)Cc2ccc(NC(=O)C=C3CC(C)(C)Oc4cc(C(F)(F)F)ccc43)cc21. The van der Waals surface area contributed by atoms with Crippen molar-refractivity contribution in [3.8, 4) is 5.75 Å². The van der Waals surface area contributed by atoms with Gasteiger partial charge in [0.25, 0.3) is 0 Å². The highest BCUT2D eigenvalue weighted by atomic mass is 19.4. The van der Waals surface area contributed by atoms with Gasteiger partial charge in [0.15, 0.2) is 0 Å². The fourth-order valence-electron chi connectivity index (χ4n) is 5.25. The summed E-state index contributed by atoms with van der Waals surface area (Å²) in [5.74, 6) is -0.329. The quantitative estimate of drug-likeness (QED) is 0.506. The van der Waals surface area contributed by atoms with Gasteiger partial charge < -0.3 is 19.7 Å². The minimum atomic E-state index is -4.50. The van der Waals surface area contributed by atoms with Gasteiger partial charge in [0.1, 0.15) is 11.4 Å². The number of benzene rings is 2. The molecule has 1 saturated heterocycles. The van der Waals surface area contributed by atoms with Crippen LogP contribution in [0, 0.1) is 0 Å². The predicted molar refractivity (Wildman–Crippen MR) is 137 cm³/mol. The lowest BCUT2D eigenvalue weighted by Crippen LogP contribution is -2.47. The minimum absolute atomic E-state index is 0.0563. The highest BCUT2D eigenvalue weighted by Gasteiger charge is 2.36. The van der Waals surface area contributed by atoms with Crippen LogP contribution in [0.3, 0.4) is 0 Å². The first-order valence-corrected chi connectivity index (χ1v) is 12.6. The van der Waals surface area contributed by atoms with Crippen LogP contribution in [0.15, 0.2) is 42.5 Å². The van der Waals surface area contributed by atoms with Gasteiger partial charge in [0.05, 0.1) is 17.4 Å².